The number of aldehydes is 1. The summed E-state index contributed by atoms with van der Waals surface area (Å²) in [6.45, 7) is 7.61. The lowest BCUT2D eigenvalue weighted by molar-refractivity contribution is -0.107. The van der Waals surface area contributed by atoms with Gasteiger partial charge in [0.1, 0.15) is 34.2 Å². The van der Waals surface area contributed by atoms with Gasteiger partial charge in [-0.1, -0.05) is 30.1 Å². The van der Waals surface area contributed by atoms with Gasteiger partial charge in [0.2, 0.25) is 0 Å². The van der Waals surface area contributed by atoms with Gasteiger partial charge in [-0.15, -0.1) is 0 Å². The van der Waals surface area contributed by atoms with Gasteiger partial charge in [0.25, 0.3) is 36.3 Å². The SMILES string of the molecule is CC(C)(C)OC(=O)NCC#Cc1c(OCCCS(=O)(=O)O)c(C#CCNC(=O)OC(C)(C)C)c(OCCCS(=O)(=O)O)c(C(=O)NCCCCCC=O)c1OCCCS(=O)(=O)O. The first kappa shape index (κ1) is 55.2. The van der Waals surface area contributed by atoms with E-state index in [1.54, 1.807) is 41.5 Å². The standard InChI is InChI=1S/C38H57N3O18S3/c1-37(2,3)58-35(44)40-19-11-16-28-31(55-22-13-25-60(46,47)48)29(17-12-20-41-36(45)59-38(4,5)6)33(57-24-15-27-62(52,53)54)30(32(28)56-23-14-26-61(49,50)51)34(43)39-18-9-7-8-10-21-42/h21H,7-10,13-15,18-20,22-27H2,1-6H3,(H,39,43)(H,40,44)(H,41,45)(H,46,47,48)(H,49,50,51)(H,52,53,54). The zero-order valence-corrected chi connectivity index (χ0v) is 38.0. The summed E-state index contributed by atoms with van der Waals surface area (Å²) in [4.78, 5) is 49.9. The van der Waals surface area contributed by atoms with Crippen molar-refractivity contribution in [3.8, 4) is 40.9 Å². The van der Waals surface area contributed by atoms with Gasteiger partial charge < -0.3 is 44.4 Å². The molecule has 0 aromatic heterocycles. The molecule has 350 valence electrons. The molecule has 3 amide bonds. The monoisotopic (exact) mass is 939 g/mol. The molecule has 0 radical (unpaired) electrons. The molecule has 0 heterocycles. The first-order chi connectivity index (χ1) is 28.6. The van der Waals surface area contributed by atoms with Crippen molar-refractivity contribution >= 4 is 54.7 Å². The number of benzene rings is 1. The van der Waals surface area contributed by atoms with Crippen molar-refractivity contribution < 1.29 is 81.8 Å². The molecule has 0 bridgehead atoms. The van der Waals surface area contributed by atoms with E-state index < -0.39 is 114 Å². The predicted octanol–water partition coefficient (Wildman–Crippen LogP) is 2.90. The summed E-state index contributed by atoms with van der Waals surface area (Å²) in [5, 5.41) is 7.56. The van der Waals surface area contributed by atoms with Crippen LogP contribution in [0, 0.1) is 23.7 Å². The summed E-state index contributed by atoms with van der Waals surface area (Å²) in [5.74, 6) is 6.46. The highest BCUT2D eigenvalue weighted by Gasteiger charge is 2.31. The van der Waals surface area contributed by atoms with Crippen LogP contribution in [-0.2, 0) is 44.6 Å². The number of rotatable bonds is 24. The normalized spacial score (nSPS) is 11.8. The lowest BCUT2D eigenvalue weighted by atomic mass is 9.99. The Morgan fingerprint density at radius 1 is 0.581 bits per heavy atom. The number of ether oxygens (including phenoxy) is 5. The zero-order valence-electron chi connectivity index (χ0n) is 35.6. The lowest BCUT2D eigenvalue weighted by Gasteiger charge is -2.23. The van der Waals surface area contributed by atoms with Crippen molar-refractivity contribution in [2.45, 2.75) is 97.7 Å². The lowest BCUT2D eigenvalue weighted by Crippen LogP contribution is -2.32. The highest BCUT2D eigenvalue weighted by molar-refractivity contribution is 7.86. The summed E-state index contributed by atoms with van der Waals surface area (Å²) < 4.78 is 126. The molecule has 24 heteroatoms. The Balaban J connectivity index is 4.32. The summed E-state index contributed by atoms with van der Waals surface area (Å²) in [6, 6.07) is 0. The molecule has 0 spiro atoms. The van der Waals surface area contributed by atoms with Crippen LogP contribution in [0.1, 0.15) is 108 Å². The van der Waals surface area contributed by atoms with Gasteiger partial charge in [-0.25, -0.2) is 9.59 Å². The highest BCUT2D eigenvalue weighted by Crippen LogP contribution is 2.44. The molecular formula is C38H57N3O18S3. The Hall–Kier alpha value is -4.85. The van der Waals surface area contributed by atoms with E-state index in [0.717, 1.165) is 6.29 Å². The van der Waals surface area contributed by atoms with E-state index in [0.29, 0.717) is 25.7 Å². The minimum Gasteiger partial charge on any atom is -0.491 e. The van der Waals surface area contributed by atoms with E-state index in [-0.39, 0.29) is 55.8 Å². The van der Waals surface area contributed by atoms with Gasteiger partial charge in [-0.05, 0) is 73.6 Å². The largest absolute Gasteiger partial charge is 0.491 e. The topological polar surface area (TPSA) is 314 Å². The van der Waals surface area contributed by atoms with E-state index in [1.807, 2.05) is 0 Å². The summed E-state index contributed by atoms with van der Waals surface area (Å²) in [7, 11) is -13.5. The van der Waals surface area contributed by atoms with Crippen LogP contribution in [0.25, 0.3) is 0 Å². The van der Waals surface area contributed by atoms with Crippen LogP contribution < -0.4 is 30.2 Å². The maximum atomic E-state index is 14.3. The zero-order chi connectivity index (χ0) is 47.2. The van der Waals surface area contributed by atoms with E-state index in [9.17, 15) is 58.1 Å². The molecule has 21 nitrogen and oxygen atoms in total. The van der Waals surface area contributed by atoms with Crippen molar-refractivity contribution in [2.24, 2.45) is 0 Å². The third kappa shape index (κ3) is 25.8. The molecule has 6 N–H and O–H groups in total. The molecule has 0 unspecified atom stereocenters. The first-order valence-corrected chi connectivity index (χ1v) is 24.1. The maximum absolute atomic E-state index is 14.3. The molecule has 0 saturated carbocycles. The van der Waals surface area contributed by atoms with E-state index in [2.05, 4.69) is 39.6 Å². The molecule has 1 rings (SSSR count). The van der Waals surface area contributed by atoms with Gasteiger partial charge in [0.05, 0.1) is 50.2 Å². The van der Waals surface area contributed by atoms with Crippen LogP contribution >= 0.6 is 0 Å². The van der Waals surface area contributed by atoms with Crippen molar-refractivity contribution in [1.82, 2.24) is 16.0 Å². The van der Waals surface area contributed by atoms with Crippen molar-refractivity contribution in [3.63, 3.8) is 0 Å². The molecule has 62 heavy (non-hydrogen) atoms. The van der Waals surface area contributed by atoms with Gasteiger partial charge in [0, 0.05) is 13.0 Å². The number of alkyl carbamates (subject to hydrolysis) is 2. The fraction of sp³-hybridized carbons (Fsp3) is 0.632. The second-order valence-electron chi connectivity index (χ2n) is 15.2. The van der Waals surface area contributed by atoms with Gasteiger partial charge in [-0.3, -0.25) is 18.5 Å². The van der Waals surface area contributed by atoms with Gasteiger partial charge in [-0.2, -0.15) is 25.3 Å². The molecule has 0 aliphatic carbocycles. The van der Waals surface area contributed by atoms with E-state index in [1.165, 1.54) is 0 Å². The quantitative estimate of drug-likeness (QED) is 0.0376. The predicted molar refractivity (Wildman–Crippen MR) is 225 cm³/mol. The molecule has 0 aliphatic rings. The third-order valence-electron chi connectivity index (χ3n) is 7.12. The fourth-order valence-electron chi connectivity index (χ4n) is 4.74. The second kappa shape index (κ2) is 25.9. The van der Waals surface area contributed by atoms with Crippen LogP contribution in [0.2, 0.25) is 0 Å². The molecule has 1 aromatic carbocycles. The Kier molecular flexibility index (Phi) is 23.1. The average Bonchev–Trinajstić information content (AvgIpc) is 3.10. The van der Waals surface area contributed by atoms with E-state index >= 15 is 0 Å². The molecule has 0 atom stereocenters. The number of hydrogen-bond donors (Lipinski definition) is 6. The first-order valence-electron chi connectivity index (χ1n) is 19.2. The number of unbranched alkanes of at least 4 members (excludes halogenated alkanes) is 3. The van der Waals surface area contributed by atoms with Gasteiger partial charge in [0.15, 0.2) is 17.2 Å². The third-order valence-corrected chi connectivity index (χ3v) is 9.53. The number of nitrogens with one attached hydrogen (secondary N) is 3. The number of carbonyl (C=O) groups excluding carboxylic acids is 4. The van der Waals surface area contributed by atoms with Crippen LogP contribution in [0.15, 0.2) is 0 Å². The van der Waals surface area contributed by atoms with E-state index in [4.69, 9.17) is 23.7 Å². The minimum atomic E-state index is -4.49. The molecule has 0 saturated heterocycles. The van der Waals surface area contributed by atoms with Crippen LogP contribution in [0.5, 0.6) is 17.2 Å². The van der Waals surface area contributed by atoms with Crippen LogP contribution in [-0.4, -0.2) is 131 Å². The molecule has 1 aromatic rings. The smallest absolute Gasteiger partial charge is 0.408 e. The average molecular weight is 940 g/mol. The van der Waals surface area contributed by atoms with Crippen molar-refractivity contribution in [1.29, 1.82) is 0 Å². The Bertz CT molecular complexity index is 2040. The highest BCUT2D eigenvalue weighted by atomic mass is 32.2. The molecule has 0 fully saturated rings. The summed E-state index contributed by atoms with van der Waals surface area (Å²) in [5.41, 5.74) is -2.73. The number of hydrogen-bond acceptors (Lipinski definition) is 15. The van der Waals surface area contributed by atoms with Crippen molar-refractivity contribution in [2.75, 3.05) is 56.7 Å². The van der Waals surface area contributed by atoms with Crippen molar-refractivity contribution in [3.05, 3.63) is 16.7 Å². The Morgan fingerprint density at radius 2 is 0.968 bits per heavy atom. The second-order valence-corrected chi connectivity index (χ2v) is 19.9. The summed E-state index contributed by atoms with van der Waals surface area (Å²) >= 11 is 0. The molecule has 0 aliphatic heterocycles. The molecular weight excluding hydrogens is 883 g/mol. The maximum Gasteiger partial charge on any atom is 0.408 e. The Labute approximate surface area is 363 Å². The Morgan fingerprint density at radius 3 is 1.32 bits per heavy atom. The number of carbonyl (C=O) groups is 4. The number of amides is 3. The van der Waals surface area contributed by atoms with Crippen LogP contribution in [0.3, 0.4) is 0 Å². The van der Waals surface area contributed by atoms with Crippen LogP contribution in [0.4, 0.5) is 9.59 Å². The van der Waals surface area contributed by atoms with Gasteiger partial charge >= 0.3 is 12.2 Å². The fourth-order valence-corrected chi connectivity index (χ4v) is 6.19. The minimum absolute atomic E-state index is 0.0393. The summed E-state index contributed by atoms with van der Waals surface area (Å²) in [6.07, 6.45) is -0.180.